The molecule has 0 bridgehead atoms. The molecular formula is C18H20N4O. The molecule has 0 atom stereocenters. The van der Waals surface area contributed by atoms with Crippen LogP contribution in [0, 0.1) is 0 Å². The fourth-order valence-corrected chi connectivity index (χ4v) is 3.76. The molecule has 23 heavy (non-hydrogen) atoms. The standard InChI is InChI=1S/C18H20N4O/c1-22-18-16(15(21-22)10-6-7-10)19-17(20-18)13-8-11-4-3-5-12(11)9-14(13)23-2/h8-10H,3-7H2,1-2H3,(H,19,20). The number of hydrogen-bond donors (Lipinski definition) is 1. The van der Waals surface area contributed by atoms with Gasteiger partial charge < -0.3 is 9.72 Å². The Morgan fingerprint density at radius 2 is 2.00 bits per heavy atom. The lowest BCUT2D eigenvalue weighted by atomic mass is 10.0. The summed E-state index contributed by atoms with van der Waals surface area (Å²) in [6.45, 7) is 0. The maximum absolute atomic E-state index is 5.64. The van der Waals surface area contributed by atoms with Crippen molar-refractivity contribution in [2.75, 3.05) is 7.11 Å². The van der Waals surface area contributed by atoms with Crippen LogP contribution in [0.25, 0.3) is 22.6 Å². The predicted octanol–water partition coefficient (Wildman–Crippen LogP) is 3.34. The monoisotopic (exact) mass is 308 g/mol. The molecule has 5 heteroatoms. The van der Waals surface area contributed by atoms with Crippen molar-refractivity contribution >= 4 is 11.2 Å². The number of imidazole rings is 1. The fourth-order valence-electron chi connectivity index (χ4n) is 3.76. The summed E-state index contributed by atoms with van der Waals surface area (Å²) in [5.74, 6) is 2.40. The maximum atomic E-state index is 5.64. The van der Waals surface area contributed by atoms with E-state index in [0.717, 1.165) is 41.1 Å². The second-order valence-corrected chi connectivity index (χ2v) is 6.74. The molecule has 0 saturated heterocycles. The van der Waals surface area contributed by atoms with Crippen LogP contribution in [-0.2, 0) is 19.9 Å². The van der Waals surface area contributed by atoms with Gasteiger partial charge in [0.1, 0.15) is 17.1 Å². The molecule has 1 aromatic carbocycles. The van der Waals surface area contributed by atoms with Crippen LogP contribution in [0.4, 0.5) is 0 Å². The molecule has 2 heterocycles. The third kappa shape index (κ3) is 1.92. The summed E-state index contributed by atoms with van der Waals surface area (Å²) in [6, 6.07) is 4.44. The second kappa shape index (κ2) is 4.60. The number of nitrogens with one attached hydrogen (secondary N) is 1. The number of fused-ring (bicyclic) bond motifs is 2. The zero-order chi connectivity index (χ0) is 15.6. The number of aromatic nitrogens is 4. The van der Waals surface area contributed by atoms with Gasteiger partial charge in [-0.1, -0.05) is 0 Å². The lowest BCUT2D eigenvalue weighted by molar-refractivity contribution is 0.415. The number of aromatic amines is 1. The van der Waals surface area contributed by atoms with Gasteiger partial charge in [-0.2, -0.15) is 5.10 Å². The number of ether oxygens (including phenoxy) is 1. The SMILES string of the molecule is COc1cc2c(cc1-c1nc3c([nH]1)c(C1CC1)nn3C)CCC2. The number of H-pyrrole nitrogens is 1. The molecule has 5 rings (SSSR count). The molecule has 2 aliphatic carbocycles. The summed E-state index contributed by atoms with van der Waals surface area (Å²) < 4.78 is 7.53. The Morgan fingerprint density at radius 1 is 1.22 bits per heavy atom. The molecule has 1 N–H and O–H groups in total. The van der Waals surface area contributed by atoms with Crippen molar-refractivity contribution in [2.45, 2.75) is 38.0 Å². The molecule has 118 valence electrons. The van der Waals surface area contributed by atoms with Gasteiger partial charge >= 0.3 is 0 Å². The zero-order valence-corrected chi connectivity index (χ0v) is 13.5. The van der Waals surface area contributed by atoms with Gasteiger partial charge in [-0.15, -0.1) is 0 Å². The predicted molar refractivity (Wildman–Crippen MR) is 88.8 cm³/mol. The van der Waals surface area contributed by atoms with E-state index in [9.17, 15) is 0 Å². The van der Waals surface area contributed by atoms with E-state index in [1.165, 1.54) is 36.1 Å². The maximum Gasteiger partial charge on any atom is 0.176 e. The van der Waals surface area contributed by atoms with Crippen LogP contribution in [0.5, 0.6) is 5.75 Å². The molecule has 1 fully saturated rings. The molecule has 0 unspecified atom stereocenters. The van der Waals surface area contributed by atoms with Crippen molar-refractivity contribution < 1.29 is 4.74 Å². The number of methoxy groups -OCH3 is 1. The minimum atomic E-state index is 0.605. The summed E-state index contributed by atoms with van der Waals surface area (Å²) in [5, 5.41) is 4.64. The second-order valence-electron chi connectivity index (χ2n) is 6.74. The van der Waals surface area contributed by atoms with Gasteiger partial charge in [-0.05, 0) is 55.4 Å². The minimum Gasteiger partial charge on any atom is -0.496 e. The van der Waals surface area contributed by atoms with E-state index in [1.807, 2.05) is 11.7 Å². The van der Waals surface area contributed by atoms with Crippen LogP contribution >= 0.6 is 0 Å². The number of rotatable bonds is 3. The lowest BCUT2D eigenvalue weighted by Crippen LogP contribution is -1.96. The highest BCUT2D eigenvalue weighted by Gasteiger charge is 2.30. The Morgan fingerprint density at radius 3 is 2.74 bits per heavy atom. The van der Waals surface area contributed by atoms with E-state index in [2.05, 4.69) is 22.2 Å². The third-order valence-corrected chi connectivity index (χ3v) is 5.14. The molecule has 0 spiro atoms. The lowest BCUT2D eigenvalue weighted by Gasteiger charge is -2.09. The average molecular weight is 308 g/mol. The molecule has 2 aliphatic rings. The van der Waals surface area contributed by atoms with Crippen molar-refractivity contribution in [1.29, 1.82) is 0 Å². The smallest absolute Gasteiger partial charge is 0.176 e. The van der Waals surface area contributed by atoms with Gasteiger partial charge in [-0.25, -0.2) is 9.67 Å². The highest BCUT2D eigenvalue weighted by molar-refractivity contribution is 5.81. The number of hydrogen-bond acceptors (Lipinski definition) is 3. The fraction of sp³-hybridized carbons (Fsp3) is 0.444. The summed E-state index contributed by atoms with van der Waals surface area (Å²) >= 11 is 0. The summed E-state index contributed by atoms with van der Waals surface area (Å²) in [7, 11) is 3.71. The Kier molecular flexibility index (Phi) is 2.63. The molecule has 0 amide bonds. The molecular weight excluding hydrogens is 288 g/mol. The molecule has 0 aliphatic heterocycles. The highest BCUT2D eigenvalue weighted by atomic mass is 16.5. The molecule has 0 radical (unpaired) electrons. The van der Waals surface area contributed by atoms with Crippen LogP contribution in [0.15, 0.2) is 12.1 Å². The first-order valence-electron chi connectivity index (χ1n) is 8.37. The highest BCUT2D eigenvalue weighted by Crippen LogP contribution is 2.43. The van der Waals surface area contributed by atoms with Crippen LogP contribution in [0.2, 0.25) is 0 Å². The van der Waals surface area contributed by atoms with Crippen LogP contribution in [-0.4, -0.2) is 26.9 Å². The Hall–Kier alpha value is -2.30. The quantitative estimate of drug-likeness (QED) is 0.807. The van der Waals surface area contributed by atoms with Gasteiger partial charge in [0, 0.05) is 13.0 Å². The van der Waals surface area contributed by atoms with Crippen molar-refractivity contribution in [2.24, 2.45) is 7.05 Å². The van der Waals surface area contributed by atoms with Crippen LogP contribution in [0.3, 0.4) is 0 Å². The van der Waals surface area contributed by atoms with E-state index in [1.54, 1.807) is 7.11 Å². The minimum absolute atomic E-state index is 0.605. The van der Waals surface area contributed by atoms with Crippen molar-refractivity contribution in [3.05, 3.63) is 29.0 Å². The molecule has 3 aromatic rings. The number of nitrogens with zero attached hydrogens (tertiary/aromatic N) is 3. The van der Waals surface area contributed by atoms with Gasteiger partial charge in [0.05, 0.1) is 18.4 Å². The van der Waals surface area contributed by atoms with E-state index in [-0.39, 0.29) is 0 Å². The van der Waals surface area contributed by atoms with Crippen molar-refractivity contribution in [1.82, 2.24) is 19.7 Å². The van der Waals surface area contributed by atoms with Gasteiger partial charge in [0.15, 0.2) is 5.65 Å². The van der Waals surface area contributed by atoms with Gasteiger partial charge in [0.25, 0.3) is 0 Å². The third-order valence-electron chi connectivity index (χ3n) is 5.14. The molecule has 5 nitrogen and oxygen atoms in total. The van der Waals surface area contributed by atoms with Crippen LogP contribution in [0.1, 0.15) is 42.0 Å². The van der Waals surface area contributed by atoms with Gasteiger partial charge in [0.2, 0.25) is 0 Å². The topological polar surface area (TPSA) is 55.7 Å². The summed E-state index contributed by atoms with van der Waals surface area (Å²) in [5.41, 5.74) is 7.10. The largest absolute Gasteiger partial charge is 0.496 e. The van der Waals surface area contributed by atoms with E-state index >= 15 is 0 Å². The normalized spacial score (nSPS) is 17.0. The Bertz CT molecular complexity index is 917. The summed E-state index contributed by atoms with van der Waals surface area (Å²) in [6.07, 6.45) is 6.02. The number of aryl methyl sites for hydroxylation is 3. The average Bonchev–Trinajstić information content (AvgIpc) is 3.02. The first-order valence-corrected chi connectivity index (χ1v) is 8.37. The van der Waals surface area contributed by atoms with Gasteiger partial charge in [-0.3, -0.25) is 0 Å². The van der Waals surface area contributed by atoms with Crippen molar-refractivity contribution in [3.8, 4) is 17.1 Å². The van der Waals surface area contributed by atoms with E-state index < -0.39 is 0 Å². The molecule has 1 saturated carbocycles. The Balaban J connectivity index is 1.69. The van der Waals surface area contributed by atoms with Crippen LogP contribution < -0.4 is 4.74 Å². The van der Waals surface area contributed by atoms with E-state index in [4.69, 9.17) is 9.72 Å². The first kappa shape index (κ1) is 13.2. The summed E-state index contributed by atoms with van der Waals surface area (Å²) in [4.78, 5) is 8.33. The molecule has 2 aromatic heterocycles. The van der Waals surface area contributed by atoms with E-state index in [0.29, 0.717) is 5.92 Å². The number of benzene rings is 1. The Labute approximate surface area is 134 Å². The first-order chi connectivity index (χ1) is 11.2. The van der Waals surface area contributed by atoms with Crippen molar-refractivity contribution in [3.63, 3.8) is 0 Å². The zero-order valence-electron chi connectivity index (χ0n) is 13.5.